The van der Waals surface area contributed by atoms with Gasteiger partial charge in [-0.1, -0.05) is 6.42 Å². The molecule has 0 aromatic heterocycles. The summed E-state index contributed by atoms with van der Waals surface area (Å²) in [5, 5.41) is 3.45. The van der Waals surface area contributed by atoms with Crippen LogP contribution in [0.1, 0.15) is 39.0 Å². The molecule has 0 aromatic carbocycles. The van der Waals surface area contributed by atoms with Gasteiger partial charge in [-0.05, 0) is 51.6 Å². The van der Waals surface area contributed by atoms with Crippen molar-refractivity contribution in [2.75, 3.05) is 32.8 Å². The number of rotatable bonds is 6. The molecule has 1 atom stereocenters. The van der Waals surface area contributed by atoms with E-state index in [1.165, 1.54) is 32.1 Å². The van der Waals surface area contributed by atoms with Crippen LogP contribution in [0.4, 0.5) is 0 Å². The maximum absolute atomic E-state index is 11.7. The summed E-state index contributed by atoms with van der Waals surface area (Å²) >= 11 is 0. The van der Waals surface area contributed by atoms with E-state index in [1.807, 2.05) is 6.92 Å². The van der Waals surface area contributed by atoms with E-state index in [2.05, 4.69) is 10.2 Å². The van der Waals surface area contributed by atoms with E-state index in [0.29, 0.717) is 25.1 Å². The molecule has 104 valence electrons. The van der Waals surface area contributed by atoms with Crippen molar-refractivity contribution in [2.45, 2.75) is 45.1 Å². The van der Waals surface area contributed by atoms with Crippen LogP contribution >= 0.6 is 0 Å². The molecule has 2 rings (SSSR count). The van der Waals surface area contributed by atoms with Gasteiger partial charge in [0, 0.05) is 12.6 Å². The molecule has 1 unspecified atom stereocenters. The zero-order chi connectivity index (χ0) is 12.8. The SMILES string of the molecule is CCOC(=O)CN(CC1CCCNC1)C1CCC1. The Balaban J connectivity index is 1.81. The molecule has 1 saturated heterocycles. The van der Waals surface area contributed by atoms with E-state index >= 15 is 0 Å². The number of nitrogens with zero attached hydrogens (tertiary/aromatic N) is 1. The largest absolute Gasteiger partial charge is 0.465 e. The van der Waals surface area contributed by atoms with Crippen molar-refractivity contribution < 1.29 is 9.53 Å². The first-order valence-electron chi connectivity index (χ1n) is 7.40. The Hall–Kier alpha value is -0.610. The second kappa shape index (κ2) is 7.10. The Morgan fingerprint density at radius 3 is 2.72 bits per heavy atom. The Morgan fingerprint density at radius 2 is 2.17 bits per heavy atom. The van der Waals surface area contributed by atoms with Crippen molar-refractivity contribution in [2.24, 2.45) is 5.92 Å². The van der Waals surface area contributed by atoms with Crippen molar-refractivity contribution in [3.63, 3.8) is 0 Å². The summed E-state index contributed by atoms with van der Waals surface area (Å²) in [5.41, 5.74) is 0. The van der Waals surface area contributed by atoms with Crippen LogP contribution in [0.3, 0.4) is 0 Å². The molecular weight excluding hydrogens is 228 g/mol. The number of hydrogen-bond donors (Lipinski definition) is 1. The normalized spacial score (nSPS) is 24.9. The summed E-state index contributed by atoms with van der Waals surface area (Å²) in [7, 11) is 0. The highest BCUT2D eigenvalue weighted by atomic mass is 16.5. The number of carbonyl (C=O) groups is 1. The van der Waals surface area contributed by atoms with E-state index in [4.69, 9.17) is 4.74 Å². The van der Waals surface area contributed by atoms with Crippen molar-refractivity contribution in [3.05, 3.63) is 0 Å². The van der Waals surface area contributed by atoms with Crippen LogP contribution in [0, 0.1) is 5.92 Å². The number of hydrogen-bond acceptors (Lipinski definition) is 4. The molecule has 4 nitrogen and oxygen atoms in total. The quantitative estimate of drug-likeness (QED) is 0.728. The second-order valence-electron chi connectivity index (χ2n) is 5.53. The highest BCUT2D eigenvalue weighted by Crippen LogP contribution is 2.26. The Bertz CT molecular complexity index is 261. The maximum atomic E-state index is 11.7. The molecule has 0 amide bonds. The van der Waals surface area contributed by atoms with Crippen LogP contribution in [0.15, 0.2) is 0 Å². The zero-order valence-corrected chi connectivity index (χ0v) is 11.5. The summed E-state index contributed by atoms with van der Waals surface area (Å²) in [6, 6.07) is 0.622. The number of piperidine rings is 1. The number of nitrogens with one attached hydrogen (secondary N) is 1. The van der Waals surface area contributed by atoms with Gasteiger partial charge < -0.3 is 10.1 Å². The molecule has 0 spiro atoms. The van der Waals surface area contributed by atoms with E-state index in [1.54, 1.807) is 0 Å². The molecule has 1 heterocycles. The first-order chi connectivity index (χ1) is 8.79. The van der Waals surface area contributed by atoms with Gasteiger partial charge in [0.15, 0.2) is 0 Å². The van der Waals surface area contributed by atoms with Crippen molar-refractivity contribution in [1.82, 2.24) is 10.2 Å². The molecule has 0 radical (unpaired) electrons. The molecule has 4 heteroatoms. The van der Waals surface area contributed by atoms with Gasteiger partial charge in [-0.2, -0.15) is 0 Å². The maximum Gasteiger partial charge on any atom is 0.320 e. The van der Waals surface area contributed by atoms with E-state index in [0.717, 1.165) is 19.6 Å². The number of ether oxygens (including phenoxy) is 1. The van der Waals surface area contributed by atoms with Crippen LogP contribution in [0.2, 0.25) is 0 Å². The third-order valence-electron chi connectivity index (χ3n) is 4.12. The van der Waals surface area contributed by atoms with Gasteiger partial charge in [0.1, 0.15) is 0 Å². The molecule has 1 saturated carbocycles. The van der Waals surface area contributed by atoms with Gasteiger partial charge >= 0.3 is 5.97 Å². The van der Waals surface area contributed by atoms with Gasteiger partial charge in [-0.15, -0.1) is 0 Å². The minimum atomic E-state index is -0.0619. The molecule has 0 bridgehead atoms. The van der Waals surface area contributed by atoms with Crippen molar-refractivity contribution in [3.8, 4) is 0 Å². The fourth-order valence-electron chi connectivity index (χ4n) is 2.88. The van der Waals surface area contributed by atoms with Crippen LogP contribution in [0.5, 0.6) is 0 Å². The van der Waals surface area contributed by atoms with E-state index in [9.17, 15) is 4.79 Å². The summed E-state index contributed by atoms with van der Waals surface area (Å²) in [6.07, 6.45) is 6.37. The summed E-state index contributed by atoms with van der Waals surface area (Å²) in [4.78, 5) is 14.0. The smallest absolute Gasteiger partial charge is 0.320 e. The van der Waals surface area contributed by atoms with Crippen LogP contribution in [-0.2, 0) is 9.53 Å². The molecule has 1 N–H and O–H groups in total. The van der Waals surface area contributed by atoms with Gasteiger partial charge in [0.05, 0.1) is 13.2 Å². The highest BCUT2D eigenvalue weighted by Gasteiger charge is 2.29. The summed E-state index contributed by atoms with van der Waals surface area (Å²) < 4.78 is 5.08. The minimum absolute atomic E-state index is 0.0619. The average Bonchev–Trinajstić information content (AvgIpc) is 2.28. The molecule has 0 aromatic rings. The Labute approximate surface area is 110 Å². The standard InChI is InChI=1S/C14H26N2O2/c1-2-18-14(17)11-16(13-6-3-7-13)10-12-5-4-8-15-9-12/h12-13,15H,2-11H2,1H3. The fraction of sp³-hybridized carbons (Fsp3) is 0.929. The lowest BCUT2D eigenvalue weighted by molar-refractivity contribution is -0.145. The van der Waals surface area contributed by atoms with Crippen LogP contribution in [-0.4, -0.2) is 49.7 Å². The van der Waals surface area contributed by atoms with Gasteiger partial charge in [0.2, 0.25) is 0 Å². The lowest BCUT2D eigenvalue weighted by atomic mass is 9.89. The fourth-order valence-corrected chi connectivity index (χ4v) is 2.88. The highest BCUT2D eigenvalue weighted by molar-refractivity contribution is 5.71. The van der Waals surface area contributed by atoms with Gasteiger partial charge in [-0.25, -0.2) is 0 Å². The van der Waals surface area contributed by atoms with Gasteiger partial charge in [0.25, 0.3) is 0 Å². The molecule has 2 fully saturated rings. The first kappa shape index (κ1) is 13.8. The third-order valence-corrected chi connectivity index (χ3v) is 4.12. The van der Waals surface area contributed by atoms with Gasteiger partial charge in [-0.3, -0.25) is 9.69 Å². The molecule has 1 aliphatic carbocycles. The first-order valence-corrected chi connectivity index (χ1v) is 7.40. The number of esters is 1. The van der Waals surface area contributed by atoms with Crippen molar-refractivity contribution in [1.29, 1.82) is 0 Å². The number of carbonyl (C=O) groups excluding carboxylic acids is 1. The van der Waals surface area contributed by atoms with E-state index in [-0.39, 0.29) is 5.97 Å². The average molecular weight is 254 g/mol. The minimum Gasteiger partial charge on any atom is -0.465 e. The molecule has 18 heavy (non-hydrogen) atoms. The monoisotopic (exact) mass is 254 g/mol. The molecular formula is C14H26N2O2. The topological polar surface area (TPSA) is 41.6 Å². The van der Waals surface area contributed by atoms with E-state index < -0.39 is 0 Å². The predicted octanol–water partition coefficient (Wildman–Crippen LogP) is 1.40. The Morgan fingerprint density at radius 1 is 1.33 bits per heavy atom. The lowest BCUT2D eigenvalue weighted by Gasteiger charge is -2.39. The molecule has 1 aliphatic heterocycles. The second-order valence-corrected chi connectivity index (χ2v) is 5.53. The van der Waals surface area contributed by atoms with Crippen LogP contribution < -0.4 is 5.32 Å². The third kappa shape index (κ3) is 3.95. The lowest BCUT2D eigenvalue weighted by Crippen LogP contribution is -2.48. The van der Waals surface area contributed by atoms with Crippen LogP contribution in [0.25, 0.3) is 0 Å². The summed E-state index contributed by atoms with van der Waals surface area (Å²) in [5.74, 6) is 0.641. The van der Waals surface area contributed by atoms with Crippen molar-refractivity contribution >= 4 is 5.97 Å². The zero-order valence-electron chi connectivity index (χ0n) is 11.5. The Kier molecular flexibility index (Phi) is 5.45. The summed E-state index contributed by atoms with van der Waals surface area (Å²) in [6.45, 7) is 6.15. The molecule has 2 aliphatic rings. The predicted molar refractivity (Wildman–Crippen MR) is 71.4 cm³/mol.